The van der Waals surface area contributed by atoms with E-state index in [0.717, 1.165) is 0 Å². The smallest absolute Gasteiger partial charge is 0.269 e. The summed E-state index contributed by atoms with van der Waals surface area (Å²) in [4.78, 5) is 33.0. The van der Waals surface area contributed by atoms with Crippen LogP contribution in [0, 0.1) is 5.82 Å². The normalized spacial score (nSPS) is 10.9. The molecule has 0 atom stereocenters. The summed E-state index contributed by atoms with van der Waals surface area (Å²) < 4.78 is 16.3. The Hall–Kier alpha value is -3.88. The summed E-state index contributed by atoms with van der Waals surface area (Å²) in [5.41, 5.74) is 1.16. The third kappa shape index (κ3) is 4.03. The zero-order chi connectivity index (χ0) is 20.2. The van der Waals surface area contributed by atoms with Crippen LogP contribution in [0.15, 0.2) is 66.0 Å². The third-order valence-electron chi connectivity index (χ3n) is 4.37. The van der Waals surface area contributed by atoms with Gasteiger partial charge in [-0.1, -0.05) is 18.2 Å². The molecule has 146 valence electrons. The van der Waals surface area contributed by atoms with Crippen molar-refractivity contribution in [3.63, 3.8) is 0 Å². The van der Waals surface area contributed by atoms with E-state index in [1.54, 1.807) is 41.2 Å². The van der Waals surface area contributed by atoms with Crippen molar-refractivity contribution in [2.24, 2.45) is 0 Å². The van der Waals surface area contributed by atoms with Crippen molar-refractivity contribution in [1.82, 2.24) is 29.6 Å². The number of nitrogens with one attached hydrogen (secondary N) is 1. The van der Waals surface area contributed by atoms with Gasteiger partial charge in [0.2, 0.25) is 0 Å². The molecule has 3 aromatic heterocycles. The minimum absolute atomic E-state index is 0.213. The summed E-state index contributed by atoms with van der Waals surface area (Å²) in [7, 11) is 0. The predicted octanol–water partition coefficient (Wildman–Crippen LogP) is 1.61. The topological polar surface area (TPSA) is 94.7 Å². The molecule has 4 aromatic rings. The quantitative estimate of drug-likeness (QED) is 0.538. The van der Waals surface area contributed by atoms with Gasteiger partial charge in [0, 0.05) is 12.7 Å². The van der Waals surface area contributed by atoms with Crippen LogP contribution >= 0.6 is 0 Å². The van der Waals surface area contributed by atoms with Crippen LogP contribution in [0.2, 0.25) is 0 Å². The highest BCUT2D eigenvalue weighted by molar-refractivity contribution is 5.92. The maximum Gasteiger partial charge on any atom is 0.269 e. The van der Waals surface area contributed by atoms with Crippen LogP contribution in [0.4, 0.5) is 4.39 Å². The molecule has 0 aliphatic carbocycles. The van der Waals surface area contributed by atoms with Gasteiger partial charge >= 0.3 is 0 Å². The fourth-order valence-corrected chi connectivity index (χ4v) is 2.97. The van der Waals surface area contributed by atoms with Crippen molar-refractivity contribution in [3.05, 3.63) is 88.6 Å². The predicted molar refractivity (Wildman–Crippen MR) is 104 cm³/mol. The number of benzene rings is 1. The van der Waals surface area contributed by atoms with Crippen LogP contribution < -0.4 is 10.9 Å². The molecule has 3 heterocycles. The molecule has 1 N–H and O–H groups in total. The highest BCUT2D eigenvalue weighted by Gasteiger charge is 2.11. The van der Waals surface area contributed by atoms with Crippen LogP contribution in [-0.4, -0.2) is 36.8 Å². The lowest BCUT2D eigenvalue weighted by molar-refractivity contribution is 0.0947. The lowest BCUT2D eigenvalue weighted by Crippen LogP contribution is -2.28. The lowest BCUT2D eigenvalue weighted by atomic mass is 10.2. The first-order valence-electron chi connectivity index (χ1n) is 8.96. The van der Waals surface area contributed by atoms with Gasteiger partial charge in [0.25, 0.3) is 11.5 Å². The fourth-order valence-electron chi connectivity index (χ4n) is 2.97. The molecule has 0 saturated carbocycles. The van der Waals surface area contributed by atoms with Crippen molar-refractivity contribution in [1.29, 1.82) is 0 Å². The van der Waals surface area contributed by atoms with Gasteiger partial charge in [-0.15, -0.1) is 0 Å². The zero-order valence-electron chi connectivity index (χ0n) is 15.3. The monoisotopic (exact) mass is 392 g/mol. The Bertz CT molecular complexity index is 1220. The number of carbonyl (C=O) groups excluding carboxylic acids is 1. The van der Waals surface area contributed by atoms with E-state index in [2.05, 4.69) is 20.4 Å². The molecule has 0 fully saturated rings. The Labute approximate surface area is 164 Å². The largest absolute Gasteiger partial charge is 0.349 e. The second kappa shape index (κ2) is 8.01. The summed E-state index contributed by atoms with van der Waals surface area (Å²) in [5.74, 6) is -0.641. The first kappa shape index (κ1) is 18.5. The Kier molecular flexibility index (Phi) is 5.10. The second-order valence-corrected chi connectivity index (χ2v) is 6.38. The van der Waals surface area contributed by atoms with E-state index in [0.29, 0.717) is 35.4 Å². The molecule has 0 aliphatic heterocycles. The molecule has 29 heavy (non-hydrogen) atoms. The maximum atomic E-state index is 13.4. The highest BCUT2D eigenvalue weighted by atomic mass is 19.1. The first-order chi connectivity index (χ1) is 14.1. The van der Waals surface area contributed by atoms with Crippen LogP contribution in [0.5, 0.6) is 0 Å². The van der Waals surface area contributed by atoms with Crippen molar-refractivity contribution < 1.29 is 9.18 Å². The maximum absolute atomic E-state index is 13.4. The molecule has 0 bridgehead atoms. The van der Waals surface area contributed by atoms with E-state index in [4.69, 9.17) is 0 Å². The number of aromatic nitrogens is 5. The number of carbonyl (C=O) groups is 1. The molecule has 0 unspecified atom stereocenters. The van der Waals surface area contributed by atoms with E-state index in [9.17, 15) is 14.0 Å². The van der Waals surface area contributed by atoms with Gasteiger partial charge in [-0.25, -0.2) is 14.1 Å². The van der Waals surface area contributed by atoms with Crippen LogP contribution in [0.1, 0.15) is 16.1 Å². The minimum Gasteiger partial charge on any atom is -0.349 e. The van der Waals surface area contributed by atoms with Crippen molar-refractivity contribution in [3.8, 4) is 0 Å². The molecule has 4 rings (SSSR count). The van der Waals surface area contributed by atoms with E-state index in [-0.39, 0.29) is 23.8 Å². The third-order valence-corrected chi connectivity index (χ3v) is 4.37. The summed E-state index contributed by atoms with van der Waals surface area (Å²) in [6, 6.07) is 11.2. The van der Waals surface area contributed by atoms with Gasteiger partial charge in [-0.05, 0) is 29.8 Å². The average molecular weight is 392 g/mol. The molecule has 9 heteroatoms. The average Bonchev–Trinajstić information content (AvgIpc) is 3.14. The molecule has 0 saturated heterocycles. The van der Waals surface area contributed by atoms with Gasteiger partial charge in [0.1, 0.15) is 23.2 Å². The Morgan fingerprint density at radius 1 is 1.14 bits per heavy atom. The number of amides is 1. The van der Waals surface area contributed by atoms with Crippen molar-refractivity contribution in [2.75, 3.05) is 6.54 Å². The number of halogens is 1. The molecule has 0 radical (unpaired) electrons. The molecule has 0 spiro atoms. The first-order valence-corrected chi connectivity index (χ1v) is 8.96. The van der Waals surface area contributed by atoms with Gasteiger partial charge in [-0.3, -0.25) is 19.1 Å². The van der Waals surface area contributed by atoms with Crippen LogP contribution in [0.3, 0.4) is 0 Å². The standard InChI is InChI=1S/C20H17FN6O2/c21-15-5-3-4-14(10-15)12-26-13-24-18-16(20(26)29)11-25-27(18)9-8-23-19(28)17-6-1-2-7-22-17/h1-7,10-11,13H,8-9,12H2,(H,23,28). The number of rotatable bonds is 6. The number of pyridine rings is 1. The summed E-state index contributed by atoms with van der Waals surface area (Å²) >= 11 is 0. The molecule has 8 nitrogen and oxygen atoms in total. The van der Waals surface area contributed by atoms with Gasteiger partial charge in [-0.2, -0.15) is 5.10 Å². The molecular formula is C20H17FN6O2. The van der Waals surface area contributed by atoms with E-state index >= 15 is 0 Å². The van der Waals surface area contributed by atoms with Crippen LogP contribution in [0.25, 0.3) is 11.0 Å². The number of fused-ring (bicyclic) bond motifs is 1. The Morgan fingerprint density at radius 3 is 2.83 bits per heavy atom. The summed E-state index contributed by atoms with van der Waals surface area (Å²) in [6.07, 6.45) is 4.42. The summed E-state index contributed by atoms with van der Waals surface area (Å²) in [5, 5.41) is 7.32. The van der Waals surface area contributed by atoms with Crippen LogP contribution in [-0.2, 0) is 13.1 Å². The summed E-state index contributed by atoms with van der Waals surface area (Å²) in [6.45, 7) is 0.869. The van der Waals surface area contributed by atoms with Gasteiger partial charge in [0.05, 0.1) is 19.3 Å². The molecule has 0 aliphatic rings. The molecule has 1 amide bonds. The molecule has 1 aromatic carbocycles. The second-order valence-electron chi connectivity index (χ2n) is 6.38. The highest BCUT2D eigenvalue weighted by Crippen LogP contribution is 2.08. The number of hydrogen-bond acceptors (Lipinski definition) is 5. The Balaban J connectivity index is 1.47. The minimum atomic E-state index is -0.356. The van der Waals surface area contributed by atoms with Crippen molar-refractivity contribution >= 4 is 16.9 Å². The van der Waals surface area contributed by atoms with E-state index < -0.39 is 0 Å². The van der Waals surface area contributed by atoms with Crippen molar-refractivity contribution in [2.45, 2.75) is 13.1 Å². The number of nitrogens with zero attached hydrogens (tertiary/aromatic N) is 5. The number of hydrogen-bond donors (Lipinski definition) is 1. The fraction of sp³-hybridized carbons (Fsp3) is 0.150. The van der Waals surface area contributed by atoms with E-state index in [1.165, 1.54) is 29.2 Å². The lowest BCUT2D eigenvalue weighted by Gasteiger charge is -2.07. The molecular weight excluding hydrogens is 375 g/mol. The SMILES string of the molecule is O=C(NCCn1ncc2c(=O)n(Cc3cccc(F)c3)cnc21)c1ccccn1. The van der Waals surface area contributed by atoms with E-state index in [1.807, 2.05) is 0 Å². The Morgan fingerprint density at radius 2 is 2.03 bits per heavy atom. The van der Waals surface area contributed by atoms with Gasteiger partial charge < -0.3 is 5.32 Å². The zero-order valence-corrected chi connectivity index (χ0v) is 15.3. The van der Waals surface area contributed by atoms with Gasteiger partial charge in [0.15, 0.2) is 5.65 Å².